The second-order valence-electron chi connectivity index (χ2n) is 6.70. The number of esters is 1. The average Bonchev–Trinajstić information content (AvgIpc) is 3.15. The molecule has 0 saturated carbocycles. The number of amides is 1. The molecule has 156 valence electrons. The number of para-hydroxylation sites is 1. The summed E-state index contributed by atoms with van der Waals surface area (Å²) in [6.07, 6.45) is 4.18. The van der Waals surface area contributed by atoms with Crippen LogP contribution in [0.3, 0.4) is 0 Å². The number of halogens is 1. The number of hydrogen-bond donors (Lipinski definition) is 2. The van der Waals surface area contributed by atoms with Gasteiger partial charge in [0, 0.05) is 33.7 Å². The molecule has 31 heavy (non-hydrogen) atoms. The molecule has 1 atom stereocenters. The Morgan fingerprint density at radius 3 is 2.71 bits per heavy atom. The van der Waals surface area contributed by atoms with Gasteiger partial charge in [0.15, 0.2) is 6.23 Å². The van der Waals surface area contributed by atoms with Gasteiger partial charge >= 0.3 is 5.97 Å². The molecular formula is C23H18BrN3O4. The molecule has 0 radical (unpaired) electrons. The number of benzene rings is 2. The number of hydrogen-bond acceptors (Lipinski definition) is 6. The Morgan fingerprint density at radius 1 is 1.19 bits per heavy atom. The topological polar surface area (TPSA) is 89.6 Å². The Hall–Kier alpha value is -3.65. The standard InChI is InChI=1S/C23H18BrN3O4/c1-30-20-5-3-2-4-15(20)11-19-23(29)31-22(27-19)14-6-8-18(9-7-14)26-21(28)16-10-17(24)13-25-12-16/h2-13,22,27H,1H3,(H,26,28)/b19-11+. The van der Waals surface area contributed by atoms with Crippen LogP contribution in [0.4, 0.5) is 5.69 Å². The Bertz CT molecular complexity index is 1160. The second kappa shape index (κ2) is 9.01. The van der Waals surface area contributed by atoms with Gasteiger partial charge < -0.3 is 20.1 Å². The minimum absolute atomic E-state index is 0.269. The number of nitrogens with zero attached hydrogens (tertiary/aromatic N) is 1. The van der Waals surface area contributed by atoms with E-state index in [0.717, 1.165) is 15.6 Å². The lowest BCUT2D eigenvalue weighted by atomic mass is 10.1. The number of anilines is 1. The smallest absolute Gasteiger partial charge is 0.356 e. The monoisotopic (exact) mass is 479 g/mol. The fraction of sp³-hybridized carbons (Fsp3) is 0.0870. The van der Waals surface area contributed by atoms with Gasteiger partial charge in [-0.15, -0.1) is 0 Å². The zero-order valence-electron chi connectivity index (χ0n) is 16.5. The quantitative estimate of drug-likeness (QED) is 0.419. The molecule has 4 rings (SSSR count). The van der Waals surface area contributed by atoms with Crippen LogP contribution >= 0.6 is 15.9 Å². The minimum atomic E-state index is -0.618. The first kappa shape index (κ1) is 20.6. The van der Waals surface area contributed by atoms with E-state index < -0.39 is 12.2 Å². The molecule has 0 bridgehead atoms. The zero-order valence-corrected chi connectivity index (χ0v) is 18.0. The van der Waals surface area contributed by atoms with Crippen LogP contribution in [-0.2, 0) is 9.53 Å². The van der Waals surface area contributed by atoms with Crippen molar-refractivity contribution in [1.82, 2.24) is 10.3 Å². The third-order valence-corrected chi connectivity index (χ3v) is 5.04. The molecule has 2 N–H and O–H groups in total. The lowest BCUT2D eigenvalue weighted by molar-refractivity contribution is -0.139. The highest BCUT2D eigenvalue weighted by molar-refractivity contribution is 9.10. The summed E-state index contributed by atoms with van der Waals surface area (Å²) in [6, 6.07) is 16.1. The van der Waals surface area contributed by atoms with Crippen molar-refractivity contribution in [3.63, 3.8) is 0 Å². The lowest BCUT2D eigenvalue weighted by Gasteiger charge is -2.11. The van der Waals surface area contributed by atoms with Crippen LogP contribution in [0.1, 0.15) is 27.7 Å². The summed E-state index contributed by atoms with van der Waals surface area (Å²) < 4.78 is 11.5. The van der Waals surface area contributed by atoms with Crippen LogP contribution in [0.2, 0.25) is 0 Å². The van der Waals surface area contributed by atoms with Crippen LogP contribution in [0.15, 0.2) is 77.2 Å². The fourth-order valence-electron chi connectivity index (χ4n) is 3.07. The predicted octanol–water partition coefficient (Wildman–Crippen LogP) is 4.29. The predicted molar refractivity (Wildman–Crippen MR) is 119 cm³/mol. The average molecular weight is 480 g/mol. The van der Waals surface area contributed by atoms with Crippen LogP contribution < -0.4 is 15.4 Å². The highest BCUT2D eigenvalue weighted by Gasteiger charge is 2.29. The molecule has 1 aliphatic heterocycles. The van der Waals surface area contributed by atoms with Gasteiger partial charge in [0.1, 0.15) is 11.4 Å². The fourth-order valence-corrected chi connectivity index (χ4v) is 3.44. The van der Waals surface area contributed by atoms with E-state index in [-0.39, 0.29) is 5.91 Å². The first-order valence-corrected chi connectivity index (χ1v) is 10.2. The van der Waals surface area contributed by atoms with Crippen molar-refractivity contribution in [2.45, 2.75) is 6.23 Å². The van der Waals surface area contributed by atoms with Gasteiger partial charge in [-0.1, -0.05) is 30.3 Å². The summed E-state index contributed by atoms with van der Waals surface area (Å²) in [5.74, 6) is -0.0572. The van der Waals surface area contributed by atoms with Crippen LogP contribution in [0, 0.1) is 0 Å². The van der Waals surface area contributed by atoms with E-state index in [0.29, 0.717) is 22.7 Å². The van der Waals surface area contributed by atoms with Crippen molar-refractivity contribution in [2.75, 3.05) is 12.4 Å². The molecule has 8 heteroatoms. The van der Waals surface area contributed by atoms with Crippen molar-refractivity contribution in [3.8, 4) is 5.75 Å². The van der Waals surface area contributed by atoms with Crippen LogP contribution in [-0.4, -0.2) is 24.0 Å². The van der Waals surface area contributed by atoms with Gasteiger partial charge in [-0.25, -0.2) is 4.79 Å². The third kappa shape index (κ3) is 4.75. The van der Waals surface area contributed by atoms with Crippen molar-refractivity contribution in [2.24, 2.45) is 0 Å². The van der Waals surface area contributed by atoms with E-state index in [2.05, 4.69) is 31.5 Å². The molecule has 7 nitrogen and oxygen atoms in total. The number of carbonyl (C=O) groups excluding carboxylic acids is 2. The van der Waals surface area contributed by atoms with Crippen molar-refractivity contribution in [3.05, 3.63) is 93.9 Å². The molecule has 1 fully saturated rings. The van der Waals surface area contributed by atoms with Gasteiger partial charge in [0.05, 0.1) is 12.7 Å². The molecule has 2 aromatic carbocycles. The Morgan fingerprint density at radius 2 is 1.97 bits per heavy atom. The third-order valence-electron chi connectivity index (χ3n) is 4.61. The largest absolute Gasteiger partial charge is 0.496 e. The Balaban J connectivity index is 1.45. The number of pyridine rings is 1. The van der Waals surface area contributed by atoms with Gasteiger partial charge in [-0.2, -0.15) is 0 Å². The maximum atomic E-state index is 12.3. The summed E-state index contributed by atoms with van der Waals surface area (Å²) in [7, 11) is 1.58. The molecule has 0 spiro atoms. The first-order valence-electron chi connectivity index (χ1n) is 9.37. The first-order chi connectivity index (χ1) is 15.0. The molecule has 1 amide bonds. The molecule has 1 saturated heterocycles. The summed E-state index contributed by atoms with van der Waals surface area (Å²) in [6.45, 7) is 0. The van der Waals surface area contributed by atoms with Crippen LogP contribution in [0.25, 0.3) is 6.08 Å². The van der Waals surface area contributed by atoms with Crippen molar-refractivity contribution < 1.29 is 19.1 Å². The zero-order chi connectivity index (χ0) is 21.8. The van der Waals surface area contributed by atoms with E-state index >= 15 is 0 Å². The number of nitrogens with one attached hydrogen (secondary N) is 2. The molecular weight excluding hydrogens is 462 g/mol. The van der Waals surface area contributed by atoms with Gasteiger partial charge in [0.25, 0.3) is 5.91 Å². The summed E-state index contributed by atoms with van der Waals surface area (Å²) in [4.78, 5) is 28.6. The number of cyclic esters (lactones) is 1. The molecule has 0 aliphatic carbocycles. The Kier molecular flexibility index (Phi) is 5.99. The molecule has 1 aliphatic rings. The maximum absolute atomic E-state index is 12.3. The number of ether oxygens (including phenoxy) is 2. The summed E-state index contributed by atoms with van der Waals surface area (Å²) in [5, 5.41) is 5.90. The maximum Gasteiger partial charge on any atom is 0.356 e. The molecule has 2 heterocycles. The Labute approximate surface area is 187 Å². The normalized spacial score (nSPS) is 16.5. The van der Waals surface area contributed by atoms with E-state index in [1.807, 2.05) is 24.3 Å². The minimum Gasteiger partial charge on any atom is -0.496 e. The summed E-state index contributed by atoms with van der Waals surface area (Å²) in [5.41, 5.74) is 2.91. The second-order valence-corrected chi connectivity index (χ2v) is 7.61. The highest BCUT2D eigenvalue weighted by Crippen LogP contribution is 2.28. The molecule has 1 unspecified atom stereocenters. The molecule has 1 aromatic heterocycles. The number of rotatable bonds is 5. The lowest BCUT2D eigenvalue weighted by Crippen LogP contribution is -2.14. The number of carbonyl (C=O) groups is 2. The van der Waals surface area contributed by atoms with Crippen molar-refractivity contribution >= 4 is 39.6 Å². The van der Waals surface area contributed by atoms with E-state index in [1.165, 1.54) is 6.20 Å². The van der Waals surface area contributed by atoms with Crippen LogP contribution in [0.5, 0.6) is 5.75 Å². The van der Waals surface area contributed by atoms with Gasteiger partial charge in [0.2, 0.25) is 0 Å². The SMILES string of the molecule is COc1ccccc1/C=C1/NC(c2ccc(NC(=O)c3cncc(Br)c3)cc2)OC1=O. The van der Waals surface area contributed by atoms with E-state index in [4.69, 9.17) is 9.47 Å². The molecule has 3 aromatic rings. The highest BCUT2D eigenvalue weighted by atomic mass is 79.9. The van der Waals surface area contributed by atoms with Crippen molar-refractivity contribution in [1.29, 1.82) is 0 Å². The van der Waals surface area contributed by atoms with E-state index in [9.17, 15) is 9.59 Å². The van der Waals surface area contributed by atoms with Gasteiger partial charge in [-0.05, 0) is 46.3 Å². The van der Waals surface area contributed by atoms with Gasteiger partial charge in [-0.3, -0.25) is 9.78 Å². The number of aromatic nitrogens is 1. The number of methoxy groups -OCH3 is 1. The summed E-state index contributed by atoms with van der Waals surface area (Å²) >= 11 is 3.30. The van der Waals surface area contributed by atoms with E-state index in [1.54, 1.807) is 49.7 Å².